The average Bonchev–Trinajstić information content (AvgIpc) is 3.31. The van der Waals surface area contributed by atoms with E-state index in [1.807, 2.05) is 47.5 Å². The molecule has 4 nitrogen and oxygen atoms in total. The van der Waals surface area contributed by atoms with Gasteiger partial charge in [0.15, 0.2) is 0 Å². The largest absolute Gasteiger partial charge is 0.348 e. The van der Waals surface area contributed by atoms with E-state index in [9.17, 15) is 9.59 Å². The molecule has 1 aromatic carbocycles. The van der Waals surface area contributed by atoms with E-state index >= 15 is 0 Å². The van der Waals surface area contributed by atoms with Crippen LogP contribution in [0.4, 0.5) is 0 Å². The van der Waals surface area contributed by atoms with E-state index in [-0.39, 0.29) is 23.9 Å². The predicted octanol–water partition coefficient (Wildman–Crippen LogP) is 3.02. The Morgan fingerprint density at radius 1 is 1.24 bits per heavy atom. The number of piperidine rings is 1. The number of fused-ring (bicyclic) bond motifs is 2. The molecule has 2 amide bonds. The highest BCUT2D eigenvalue weighted by molar-refractivity contribution is 7.12. The molecule has 0 spiro atoms. The van der Waals surface area contributed by atoms with Crippen molar-refractivity contribution in [1.82, 2.24) is 10.2 Å². The van der Waals surface area contributed by atoms with Crippen LogP contribution in [0.15, 0.2) is 41.8 Å². The quantitative estimate of drug-likeness (QED) is 0.917. The minimum absolute atomic E-state index is 0.0187. The number of nitrogens with zero attached hydrogens (tertiary/aromatic N) is 1. The molecule has 1 aliphatic carbocycles. The van der Waals surface area contributed by atoms with Crippen molar-refractivity contribution >= 4 is 23.2 Å². The van der Waals surface area contributed by atoms with Gasteiger partial charge in [-0.25, -0.2) is 0 Å². The summed E-state index contributed by atoms with van der Waals surface area (Å²) >= 11 is 1.47. The fourth-order valence-corrected chi connectivity index (χ4v) is 4.81. The zero-order valence-corrected chi connectivity index (χ0v) is 15.1. The van der Waals surface area contributed by atoms with Crippen LogP contribution in [0, 0.1) is 12.8 Å². The molecule has 3 atom stereocenters. The van der Waals surface area contributed by atoms with Crippen LogP contribution in [0.1, 0.15) is 33.6 Å². The van der Waals surface area contributed by atoms with E-state index in [0.717, 1.165) is 29.8 Å². The maximum atomic E-state index is 12.7. The first-order chi connectivity index (χ1) is 12.1. The minimum atomic E-state index is 0.0187. The summed E-state index contributed by atoms with van der Waals surface area (Å²) in [5, 5.41) is 5.08. The fourth-order valence-electron chi connectivity index (χ4n) is 4.18. The van der Waals surface area contributed by atoms with Crippen molar-refractivity contribution in [3.63, 3.8) is 0 Å². The number of hydrogen-bond acceptors (Lipinski definition) is 3. The maximum absolute atomic E-state index is 12.7. The van der Waals surface area contributed by atoms with Crippen LogP contribution >= 0.6 is 11.3 Å². The second-order valence-electron chi connectivity index (χ2n) is 7.15. The first kappa shape index (κ1) is 16.3. The lowest BCUT2D eigenvalue weighted by atomic mass is 10.0. The van der Waals surface area contributed by atoms with Crippen LogP contribution in [0.3, 0.4) is 0 Å². The number of aryl methyl sites for hydroxylation is 1. The lowest BCUT2D eigenvalue weighted by Gasteiger charge is -2.32. The molecule has 2 aromatic rings. The smallest absolute Gasteiger partial charge is 0.261 e. The number of amides is 2. The van der Waals surface area contributed by atoms with Gasteiger partial charge in [0.2, 0.25) is 5.91 Å². The second kappa shape index (κ2) is 6.64. The van der Waals surface area contributed by atoms with Gasteiger partial charge in [0.1, 0.15) is 0 Å². The lowest BCUT2D eigenvalue weighted by molar-refractivity contribution is -0.132. The summed E-state index contributed by atoms with van der Waals surface area (Å²) in [4.78, 5) is 27.7. The molecule has 130 valence electrons. The van der Waals surface area contributed by atoms with Gasteiger partial charge in [-0.1, -0.05) is 35.9 Å². The van der Waals surface area contributed by atoms with Crippen LogP contribution < -0.4 is 5.32 Å². The van der Waals surface area contributed by atoms with Gasteiger partial charge in [0.05, 0.1) is 11.3 Å². The number of hydrogen-bond donors (Lipinski definition) is 1. The Kier molecular flexibility index (Phi) is 4.34. The highest BCUT2D eigenvalue weighted by Crippen LogP contribution is 2.38. The van der Waals surface area contributed by atoms with Crippen LogP contribution in [-0.4, -0.2) is 35.3 Å². The van der Waals surface area contributed by atoms with Gasteiger partial charge in [0.25, 0.3) is 5.91 Å². The Labute approximate surface area is 151 Å². The summed E-state index contributed by atoms with van der Waals surface area (Å²) in [6.45, 7) is 2.82. The number of benzene rings is 1. The molecule has 2 bridgehead atoms. The third-order valence-electron chi connectivity index (χ3n) is 5.36. The number of likely N-dealkylation sites (tertiary alicyclic amines) is 1. The van der Waals surface area contributed by atoms with Crippen LogP contribution in [0.5, 0.6) is 0 Å². The molecule has 4 rings (SSSR count). The first-order valence-corrected chi connectivity index (χ1v) is 9.67. The molecule has 1 saturated carbocycles. The number of rotatable bonds is 4. The molecule has 1 aromatic heterocycles. The monoisotopic (exact) mass is 354 g/mol. The number of carbonyl (C=O) groups is 2. The van der Waals surface area contributed by atoms with Crippen molar-refractivity contribution in [2.24, 2.45) is 5.92 Å². The van der Waals surface area contributed by atoms with Gasteiger partial charge in [-0.2, -0.15) is 0 Å². The Balaban J connectivity index is 1.35. The van der Waals surface area contributed by atoms with Crippen LogP contribution in [0.2, 0.25) is 0 Å². The summed E-state index contributed by atoms with van der Waals surface area (Å²) in [6, 6.07) is 12.4. The lowest BCUT2D eigenvalue weighted by Crippen LogP contribution is -2.48. The second-order valence-corrected chi connectivity index (χ2v) is 8.10. The van der Waals surface area contributed by atoms with Gasteiger partial charge >= 0.3 is 0 Å². The molecular formula is C20H22N2O2S. The van der Waals surface area contributed by atoms with Crippen LogP contribution in [-0.2, 0) is 11.2 Å². The van der Waals surface area contributed by atoms with Gasteiger partial charge < -0.3 is 10.2 Å². The van der Waals surface area contributed by atoms with Gasteiger partial charge in [-0.15, -0.1) is 11.3 Å². The zero-order chi connectivity index (χ0) is 17.4. The van der Waals surface area contributed by atoms with Crippen molar-refractivity contribution in [2.45, 2.75) is 38.3 Å². The molecule has 2 aliphatic rings. The minimum Gasteiger partial charge on any atom is -0.348 e. The third kappa shape index (κ3) is 3.33. The van der Waals surface area contributed by atoms with E-state index in [1.54, 1.807) is 0 Å². The summed E-state index contributed by atoms with van der Waals surface area (Å²) in [5.74, 6) is 0.613. The molecule has 5 heteroatoms. The highest BCUT2D eigenvalue weighted by Gasteiger charge is 2.46. The Morgan fingerprint density at radius 3 is 2.80 bits per heavy atom. The van der Waals surface area contributed by atoms with Crippen molar-refractivity contribution < 1.29 is 9.59 Å². The van der Waals surface area contributed by atoms with Crippen molar-refractivity contribution in [3.05, 3.63) is 57.8 Å². The summed E-state index contributed by atoms with van der Waals surface area (Å²) < 4.78 is 0. The number of thiophene rings is 1. The van der Waals surface area contributed by atoms with Gasteiger partial charge in [-0.3, -0.25) is 9.59 Å². The topological polar surface area (TPSA) is 49.4 Å². The van der Waals surface area contributed by atoms with Gasteiger partial charge in [-0.05, 0) is 42.7 Å². The van der Waals surface area contributed by atoms with E-state index in [4.69, 9.17) is 0 Å². The molecule has 3 unspecified atom stereocenters. The molecular weight excluding hydrogens is 332 g/mol. The Morgan fingerprint density at radius 2 is 2.12 bits per heavy atom. The Hall–Kier alpha value is -2.14. The summed E-state index contributed by atoms with van der Waals surface area (Å²) in [5.41, 5.74) is 2.26. The van der Waals surface area contributed by atoms with E-state index in [2.05, 4.69) is 11.4 Å². The molecule has 1 N–H and O–H groups in total. The fraction of sp³-hybridized carbons (Fsp3) is 0.400. The third-order valence-corrected chi connectivity index (χ3v) is 6.23. The molecule has 2 heterocycles. The molecule has 1 aliphatic heterocycles. The van der Waals surface area contributed by atoms with Crippen LogP contribution in [0.25, 0.3) is 0 Å². The number of carbonyl (C=O) groups excluding carboxylic acids is 2. The normalized spacial score (nSPS) is 24.5. The van der Waals surface area contributed by atoms with E-state index in [0.29, 0.717) is 12.3 Å². The summed E-state index contributed by atoms with van der Waals surface area (Å²) in [7, 11) is 0. The van der Waals surface area contributed by atoms with Crippen molar-refractivity contribution in [2.75, 3.05) is 6.54 Å². The molecule has 0 radical (unpaired) electrons. The molecule has 1 saturated heterocycles. The number of nitrogens with one attached hydrogen (secondary N) is 1. The zero-order valence-electron chi connectivity index (χ0n) is 14.3. The predicted molar refractivity (Wildman–Crippen MR) is 98.7 cm³/mol. The standard InChI is InChI=1S/C20H22N2O2S/c1-13-4-2-5-14(8-13)9-19(23)22-12-15-10-16(22)11-17(15)21-20(24)18-6-3-7-25-18/h2-8,15-17H,9-12H2,1H3,(H,21,24). The first-order valence-electron chi connectivity index (χ1n) is 8.79. The van der Waals surface area contributed by atoms with Gasteiger partial charge in [0, 0.05) is 18.6 Å². The summed E-state index contributed by atoms with van der Waals surface area (Å²) in [6.07, 6.45) is 2.35. The highest BCUT2D eigenvalue weighted by atomic mass is 32.1. The molecule has 2 fully saturated rings. The van der Waals surface area contributed by atoms with Crippen molar-refractivity contribution in [3.8, 4) is 0 Å². The Bertz CT molecular complexity index is 787. The van der Waals surface area contributed by atoms with E-state index in [1.165, 1.54) is 16.9 Å². The average molecular weight is 354 g/mol. The van der Waals surface area contributed by atoms with Crippen molar-refractivity contribution in [1.29, 1.82) is 0 Å². The maximum Gasteiger partial charge on any atom is 0.261 e. The molecule has 25 heavy (non-hydrogen) atoms. The van der Waals surface area contributed by atoms with E-state index < -0.39 is 0 Å². The SMILES string of the molecule is Cc1cccc(CC(=O)N2CC3CC2CC3NC(=O)c2cccs2)c1.